The van der Waals surface area contributed by atoms with Crippen LogP contribution in [0, 0.1) is 12.7 Å². The Morgan fingerprint density at radius 2 is 1.81 bits per heavy atom. The third-order valence-electron chi connectivity index (χ3n) is 6.48. The van der Waals surface area contributed by atoms with E-state index in [0.717, 1.165) is 0 Å². The summed E-state index contributed by atoms with van der Waals surface area (Å²) in [5.41, 5.74) is 1.44. The van der Waals surface area contributed by atoms with Crippen LogP contribution in [0.3, 0.4) is 0 Å². The molecule has 1 aromatic heterocycles. The predicted octanol–water partition coefficient (Wildman–Crippen LogP) is 6.03. The number of hydrogen-bond donors (Lipinski definition) is 1. The molecule has 0 spiro atoms. The van der Waals surface area contributed by atoms with Gasteiger partial charge in [0, 0.05) is 17.0 Å². The fourth-order valence-electron chi connectivity index (χ4n) is 4.63. The van der Waals surface area contributed by atoms with E-state index in [1.165, 1.54) is 26.4 Å². The van der Waals surface area contributed by atoms with Crippen molar-refractivity contribution < 1.29 is 32.6 Å². The average Bonchev–Trinajstić information content (AvgIpc) is 3.20. The number of fused-ring (bicyclic) bond motifs is 3. The number of methoxy groups -OCH3 is 2. The van der Waals surface area contributed by atoms with Gasteiger partial charge in [0.2, 0.25) is 0 Å². The van der Waals surface area contributed by atoms with Gasteiger partial charge in [-0.2, -0.15) is 0 Å². The lowest BCUT2D eigenvalue weighted by Crippen LogP contribution is -2.36. The van der Waals surface area contributed by atoms with Gasteiger partial charge < -0.3 is 23.9 Å². The molecule has 0 saturated carbocycles. The van der Waals surface area contributed by atoms with Crippen LogP contribution in [0.15, 0.2) is 59.0 Å². The fraction of sp³-hybridized carbons (Fsp3) is 0.214. The summed E-state index contributed by atoms with van der Waals surface area (Å²) < 4.78 is 36.2. The maximum absolute atomic E-state index is 13.4. The van der Waals surface area contributed by atoms with Crippen LogP contribution in [0.25, 0.3) is 11.0 Å². The number of carbonyl (C=O) groups excluding carboxylic acids is 2. The van der Waals surface area contributed by atoms with Crippen LogP contribution < -0.4 is 19.5 Å². The van der Waals surface area contributed by atoms with Crippen molar-refractivity contribution in [2.75, 3.05) is 19.5 Å². The number of Topliss-reactive ketones (excluding diaryl/α,β-unsaturated/α-hetero) is 1. The molecular formula is C28H24FNO6. The van der Waals surface area contributed by atoms with E-state index in [2.05, 4.69) is 5.32 Å². The van der Waals surface area contributed by atoms with Crippen LogP contribution in [0.4, 0.5) is 10.1 Å². The van der Waals surface area contributed by atoms with Crippen molar-refractivity contribution in [3.8, 4) is 17.2 Å². The molecule has 1 aliphatic rings. The standard InChI is InChI=1S/C28H24FNO6/c1-15-24-22(35-26(15)27(32)30-19-13-18(33-3)9-10-21(19)34-4)11-12-23-25(24)20(31)14-28(2,36-23)16-5-7-17(29)8-6-16/h5-13H,14H2,1-4H3,(H,30,32)/t28-/m0/s1. The van der Waals surface area contributed by atoms with Crippen molar-refractivity contribution in [3.05, 3.63) is 82.9 Å². The van der Waals surface area contributed by atoms with E-state index in [9.17, 15) is 14.0 Å². The quantitative estimate of drug-likeness (QED) is 0.368. The normalized spacial score (nSPS) is 16.9. The molecule has 8 heteroatoms. The van der Waals surface area contributed by atoms with Crippen LogP contribution in [0.2, 0.25) is 0 Å². The van der Waals surface area contributed by atoms with Gasteiger partial charge in [-0.15, -0.1) is 0 Å². The van der Waals surface area contributed by atoms with Crippen LogP contribution in [-0.4, -0.2) is 25.9 Å². The molecule has 1 atom stereocenters. The molecule has 4 aromatic rings. The lowest BCUT2D eigenvalue weighted by atomic mass is 9.84. The first-order chi connectivity index (χ1) is 17.2. The highest BCUT2D eigenvalue weighted by Crippen LogP contribution is 2.44. The molecule has 1 N–H and O–H groups in total. The molecule has 1 amide bonds. The number of anilines is 1. The summed E-state index contributed by atoms with van der Waals surface area (Å²) in [5.74, 6) is 0.451. The summed E-state index contributed by atoms with van der Waals surface area (Å²) >= 11 is 0. The predicted molar refractivity (Wildman–Crippen MR) is 132 cm³/mol. The smallest absolute Gasteiger partial charge is 0.291 e. The number of aryl methyl sites for hydroxylation is 1. The molecule has 2 heterocycles. The SMILES string of the molecule is COc1ccc(OC)c(NC(=O)c2oc3ccc4c(c3c2C)C(=O)C[C@@](C)(c2ccc(F)cc2)O4)c1. The monoisotopic (exact) mass is 489 g/mol. The van der Waals surface area contributed by atoms with Gasteiger partial charge in [-0.1, -0.05) is 12.1 Å². The highest BCUT2D eigenvalue weighted by atomic mass is 19.1. The minimum absolute atomic E-state index is 0.0535. The van der Waals surface area contributed by atoms with Gasteiger partial charge in [0.15, 0.2) is 11.5 Å². The maximum Gasteiger partial charge on any atom is 0.291 e. The van der Waals surface area contributed by atoms with Crippen molar-refractivity contribution in [2.24, 2.45) is 0 Å². The second-order valence-corrected chi connectivity index (χ2v) is 8.83. The van der Waals surface area contributed by atoms with E-state index in [1.807, 2.05) is 0 Å². The van der Waals surface area contributed by atoms with Crippen molar-refractivity contribution in [3.63, 3.8) is 0 Å². The van der Waals surface area contributed by atoms with E-state index >= 15 is 0 Å². The first-order valence-corrected chi connectivity index (χ1v) is 11.3. The second-order valence-electron chi connectivity index (χ2n) is 8.83. The van der Waals surface area contributed by atoms with Crippen molar-refractivity contribution in [1.82, 2.24) is 0 Å². The first-order valence-electron chi connectivity index (χ1n) is 11.3. The molecule has 3 aromatic carbocycles. The lowest BCUT2D eigenvalue weighted by molar-refractivity contribution is 0.0507. The number of hydrogen-bond acceptors (Lipinski definition) is 6. The number of furan rings is 1. The zero-order valence-corrected chi connectivity index (χ0v) is 20.2. The topological polar surface area (TPSA) is 87.0 Å². The van der Waals surface area contributed by atoms with Crippen LogP contribution >= 0.6 is 0 Å². The van der Waals surface area contributed by atoms with Gasteiger partial charge in [-0.05, 0) is 55.8 Å². The highest BCUT2D eigenvalue weighted by Gasteiger charge is 2.40. The van der Waals surface area contributed by atoms with Gasteiger partial charge in [0.25, 0.3) is 5.91 Å². The molecule has 0 aliphatic carbocycles. The van der Waals surface area contributed by atoms with Gasteiger partial charge in [0.1, 0.15) is 34.2 Å². The number of benzene rings is 3. The van der Waals surface area contributed by atoms with Gasteiger partial charge in [0.05, 0.1) is 31.9 Å². The van der Waals surface area contributed by atoms with Crippen molar-refractivity contribution in [2.45, 2.75) is 25.9 Å². The average molecular weight is 489 g/mol. The summed E-state index contributed by atoms with van der Waals surface area (Å²) in [6, 6.07) is 14.3. The molecule has 0 saturated heterocycles. The minimum atomic E-state index is -0.952. The highest BCUT2D eigenvalue weighted by molar-refractivity contribution is 6.15. The van der Waals surface area contributed by atoms with E-state index in [4.69, 9.17) is 18.6 Å². The molecular weight excluding hydrogens is 465 g/mol. The van der Waals surface area contributed by atoms with Crippen molar-refractivity contribution in [1.29, 1.82) is 0 Å². The van der Waals surface area contributed by atoms with E-state index in [0.29, 0.717) is 50.6 Å². The third-order valence-corrected chi connectivity index (χ3v) is 6.48. The van der Waals surface area contributed by atoms with E-state index < -0.39 is 11.5 Å². The van der Waals surface area contributed by atoms with E-state index in [1.54, 1.807) is 56.3 Å². The van der Waals surface area contributed by atoms with Gasteiger partial charge in [-0.25, -0.2) is 4.39 Å². The Morgan fingerprint density at radius 3 is 2.50 bits per heavy atom. The second kappa shape index (κ2) is 8.71. The van der Waals surface area contributed by atoms with Crippen molar-refractivity contribution >= 4 is 28.3 Å². The largest absolute Gasteiger partial charge is 0.497 e. The Hall–Kier alpha value is -4.33. The Kier molecular flexibility index (Phi) is 5.67. The molecule has 184 valence electrons. The Balaban J connectivity index is 1.53. The van der Waals surface area contributed by atoms with Crippen LogP contribution in [0.5, 0.6) is 17.2 Å². The molecule has 1 aliphatic heterocycles. The maximum atomic E-state index is 13.4. The summed E-state index contributed by atoms with van der Waals surface area (Å²) in [4.78, 5) is 26.6. The lowest BCUT2D eigenvalue weighted by Gasteiger charge is -2.35. The summed E-state index contributed by atoms with van der Waals surface area (Å²) in [5, 5.41) is 3.33. The minimum Gasteiger partial charge on any atom is -0.497 e. The molecule has 0 bridgehead atoms. The number of rotatable bonds is 5. The molecule has 0 fully saturated rings. The number of halogens is 1. The Bertz CT molecular complexity index is 1510. The number of ether oxygens (including phenoxy) is 3. The summed E-state index contributed by atoms with van der Waals surface area (Å²) in [6.07, 6.45) is 0.0535. The number of ketones is 1. The molecule has 5 rings (SSSR count). The van der Waals surface area contributed by atoms with E-state index in [-0.39, 0.29) is 23.8 Å². The zero-order chi connectivity index (χ0) is 25.6. The van der Waals surface area contributed by atoms with Crippen LogP contribution in [0.1, 0.15) is 45.4 Å². The number of amides is 1. The summed E-state index contributed by atoms with van der Waals surface area (Å²) in [7, 11) is 3.03. The molecule has 36 heavy (non-hydrogen) atoms. The summed E-state index contributed by atoms with van der Waals surface area (Å²) in [6.45, 7) is 3.53. The van der Waals surface area contributed by atoms with Gasteiger partial charge in [-0.3, -0.25) is 9.59 Å². The number of nitrogens with one attached hydrogen (secondary N) is 1. The zero-order valence-electron chi connectivity index (χ0n) is 20.2. The Morgan fingerprint density at radius 1 is 1.06 bits per heavy atom. The third kappa shape index (κ3) is 3.84. The molecule has 0 radical (unpaired) electrons. The molecule has 0 unspecified atom stereocenters. The number of carbonyl (C=O) groups is 2. The van der Waals surface area contributed by atoms with Gasteiger partial charge >= 0.3 is 0 Å². The van der Waals surface area contributed by atoms with Crippen LogP contribution in [-0.2, 0) is 5.60 Å². The Labute approximate surface area is 206 Å². The fourth-order valence-corrected chi connectivity index (χ4v) is 4.63. The first kappa shape index (κ1) is 23.4. The molecule has 7 nitrogen and oxygen atoms in total.